The maximum atomic E-state index is 13.0. The molecular weight excluding hydrogens is 585 g/mol. The number of carboxylic acid groups (broad SMARTS) is 1. The maximum absolute atomic E-state index is 13.0. The molecule has 39 heavy (non-hydrogen) atoms. The van der Waals surface area contributed by atoms with Crippen LogP contribution < -0.4 is 16.2 Å². The van der Waals surface area contributed by atoms with Crippen LogP contribution in [0.5, 0.6) is 0 Å². The molecule has 0 aromatic carbocycles. The summed E-state index contributed by atoms with van der Waals surface area (Å²) in [5.41, 5.74) is 5.83. The third-order valence-corrected chi connectivity index (χ3v) is 11.1. The molecule has 4 aliphatic heterocycles. The fourth-order valence-corrected chi connectivity index (χ4v) is 8.77. The van der Waals surface area contributed by atoms with Crippen LogP contribution >= 0.6 is 46.8 Å². The van der Waals surface area contributed by atoms with Gasteiger partial charge in [0.25, 0.3) is 11.8 Å². The molecule has 2 unspecified atom stereocenters. The lowest BCUT2D eigenvalue weighted by atomic mass is 10.0. The lowest BCUT2D eigenvalue weighted by molar-refractivity contribution is -0.860. The van der Waals surface area contributed by atoms with E-state index < -0.39 is 29.2 Å². The molecule has 2 saturated heterocycles. The molecular formula is C22H26N8O5S4. The van der Waals surface area contributed by atoms with Crippen LogP contribution in [0.25, 0.3) is 0 Å². The Labute approximate surface area is 241 Å². The number of oxime groups is 1. The summed E-state index contributed by atoms with van der Waals surface area (Å²) in [6.45, 7) is 2.17. The van der Waals surface area contributed by atoms with Crippen LogP contribution in [-0.2, 0) is 19.2 Å². The Hall–Kier alpha value is -2.60. The normalized spacial score (nSPS) is 26.2. The van der Waals surface area contributed by atoms with E-state index in [1.165, 1.54) is 36.6 Å². The summed E-state index contributed by atoms with van der Waals surface area (Å²) < 4.78 is 4.84. The van der Waals surface area contributed by atoms with Gasteiger partial charge in [-0.3, -0.25) is 19.0 Å². The van der Waals surface area contributed by atoms with E-state index in [0.717, 1.165) is 34.9 Å². The summed E-state index contributed by atoms with van der Waals surface area (Å²) in [6, 6.07) is -0.955. The minimum absolute atomic E-state index is 0.0335. The van der Waals surface area contributed by atoms with Crippen molar-refractivity contribution in [3.63, 3.8) is 0 Å². The fourth-order valence-electron chi connectivity index (χ4n) is 4.72. The number of hydrogen-bond donors (Lipinski definition) is 2. The van der Waals surface area contributed by atoms with Crippen LogP contribution in [0.2, 0.25) is 0 Å². The topological polar surface area (TPSA) is 175 Å². The monoisotopic (exact) mass is 610 g/mol. The van der Waals surface area contributed by atoms with Gasteiger partial charge in [0.05, 0.1) is 41.8 Å². The zero-order valence-electron chi connectivity index (χ0n) is 21.1. The van der Waals surface area contributed by atoms with Crippen LogP contribution in [-0.4, -0.2) is 103 Å². The summed E-state index contributed by atoms with van der Waals surface area (Å²) in [7, 11) is 3.46. The molecule has 0 bridgehead atoms. The Morgan fingerprint density at radius 2 is 2.15 bits per heavy atom. The van der Waals surface area contributed by atoms with E-state index in [1.807, 2.05) is 6.21 Å². The number of thioether (sulfide) groups is 3. The third kappa shape index (κ3) is 5.54. The van der Waals surface area contributed by atoms with Crippen molar-refractivity contribution in [1.29, 1.82) is 0 Å². The van der Waals surface area contributed by atoms with Gasteiger partial charge >= 0.3 is 0 Å². The van der Waals surface area contributed by atoms with E-state index in [1.54, 1.807) is 23.5 Å². The van der Waals surface area contributed by atoms with Crippen molar-refractivity contribution >= 4 is 81.7 Å². The van der Waals surface area contributed by atoms with E-state index in [2.05, 4.69) is 32.3 Å². The van der Waals surface area contributed by atoms with Gasteiger partial charge in [0.2, 0.25) is 17.4 Å². The molecule has 3 N–H and O–H groups in total. The number of anilines is 1. The first-order valence-electron chi connectivity index (χ1n) is 12.0. The number of quaternary nitrogens is 1. The maximum Gasteiger partial charge on any atom is 0.278 e. The molecule has 208 valence electrons. The second-order valence-corrected chi connectivity index (χ2v) is 13.6. The highest BCUT2D eigenvalue weighted by Crippen LogP contribution is 2.42. The zero-order valence-corrected chi connectivity index (χ0v) is 24.3. The number of carbonyl (C=O) groups excluding carboxylic acids is 3. The number of rotatable bonds is 9. The number of amides is 2. The van der Waals surface area contributed by atoms with Gasteiger partial charge in [-0.2, -0.15) is 9.36 Å². The highest BCUT2D eigenvalue weighted by molar-refractivity contribution is 8.19. The van der Waals surface area contributed by atoms with Crippen molar-refractivity contribution < 1.29 is 28.8 Å². The first-order chi connectivity index (χ1) is 18.7. The smallest absolute Gasteiger partial charge is 0.278 e. The molecule has 1 aromatic rings. The van der Waals surface area contributed by atoms with Crippen molar-refractivity contribution in [3.05, 3.63) is 28.3 Å². The second kappa shape index (κ2) is 11.5. The van der Waals surface area contributed by atoms with Gasteiger partial charge in [-0.25, -0.2) is 4.99 Å². The van der Waals surface area contributed by atoms with Crippen LogP contribution in [0.4, 0.5) is 5.13 Å². The Balaban J connectivity index is 1.23. The number of aliphatic carboxylic acids is 1. The molecule has 17 heteroatoms. The number of nitrogens with one attached hydrogen (secondary N) is 1. The summed E-state index contributed by atoms with van der Waals surface area (Å²) in [6.07, 6.45) is 4.31. The lowest BCUT2D eigenvalue weighted by Gasteiger charge is -2.50. The van der Waals surface area contributed by atoms with Gasteiger partial charge in [0.15, 0.2) is 5.13 Å². The first-order valence-corrected chi connectivity index (χ1v) is 15.8. The number of likely N-dealkylation sites (tertiary alicyclic amines) is 1. The van der Waals surface area contributed by atoms with Gasteiger partial charge in [0, 0.05) is 42.1 Å². The number of carbonyl (C=O) groups is 3. The Bertz CT molecular complexity index is 1300. The summed E-state index contributed by atoms with van der Waals surface area (Å²) >= 11 is 5.48. The number of fused-ring (bicyclic) bond motifs is 1. The van der Waals surface area contributed by atoms with Crippen molar-refractivity contribution in [2.75, 3.05) is 44.5 Å². The van der Waals surface area contributed by atoms with Gasteiger partial charge in [-0.1, -0.05) is 5.16 Å². The number of nitrogens with two attached hydrogens (primary N) is 1. The quantitative estimate of drug-likeness (QED) is 0.164. The number of hydrogen-bond acceptors (Lipinski definition) is 14. The van der Waals surface area contributed by atoms with E-state index in [0.29, 0.717) is 17.1 Å². The molecule has 4 aliphatic rings. The van der Waals surface area contributed by atoms with Gasteiger partial charge in [-0.15, -0.1) is 35.3 Å². The fraction of sp³-hybridized carbons (Fsp3) is 0.500. The standard InChI is InChI=1S/C22H26N8O5S4/c1-30(5-3-4-6-30)12-10-37-13(7-24-12)36-8-11-9-38-20-15(19(32)29(20)16(11)21(33)34)25-18(31)14(27-35-2)17-26-22(23)39-28-17/h7,10,13,15,20H,3-6,8-9H2,1-2H3,(H3-,23,25,26,28,31,33,34)/b27-14-/t13?,15-,20?/m1/s1. The minimum Gasteiger partial charge on any atom is -0.543 e. The van der Waals surface area contributed by atoms with Crippen LogP contribution in [0.3, 0.4) is 0 Å². The number of β-lactam (4-membered cyclic amide) rings is 1. The summed E-state index contributed by atoms with van der Waals surface area (Å²) in [5, 5.41) is 20.0. The second-order valence-electron chi connectivity index (χ2n) is 9.30. The molecule has 0 radical (unpaired) electrons. The number of nitrogen functional groups attached to an aromatic ring is 1. The van der Waals surface area contributed by atoms with E-state index >= 15 is 0 Å². The molecule has 5 heterocycles. The van der Waals surface area contributed by atoms with Crippen LogP contribution in [0, 0.1) is 0 Å². The largest absolute Gasteiger partial charge is 0.543 e. The molecule has 0 aliphatic carbocycles. The zero-order chi connectivity index (χ0) is 27.7. The number of carboxylic acids is 1. The van der Waals surface area contributed by atoms with Crippen molar-refractivity contribution in [3.8, 4) is 0 Å². The average Bonchev–Trinajstić information content (AvgIpc) is 3.57. The molecule has 2 fully saturated rings. The molecule has 0 spiro atoms. The Morgan fingerprint density at radius 3 is 2.77 bits per heavy atom. The number of aromatic nitrogens is 2. The molecule has 2 amide bonds. The molecule has 5 rings (SSSR count). The minimum atomic E-state index is -1.42. The van der Waals surface area contributed by atoms with Gasteiger partial charge in [-0.05, 0) is 5.57 Å². The van der Waals surface area contributed by atoms with Crippen molar-refractivity contribution in [2.45, 2.75) is 28.8 Å². The Morgan fingerprint density at radius 1 is 1.38 bits per heavy atom. The first kappa shape index (κ1) is 27.9. The number of nitrogens with zero attached hydrogens (tertiary/aromatic N) is 6. The van der Waals surface area contributed by atoms with Gasteiger partial charge < -0.3 is 25.8 Å². The molecule has 13 nitrogen and oxygen atoms in total. The predicted octanol–water partition coefficient (Wildman–Crippen LogP) is -0.209. The number of aliphatic imine (C=N–C) groups is 1. The average molecular weight is 611 g/mol. The molecule has 1 aromatic heterocycles. The van der Waals surface area contributed by atoms with E-state index in [-0.39, 0.29) is 26.9 Å². The molecule has 0 saturated carbocycles. The SMILES string of the molecule is CO/N=C(\C(=O)N[C@@H]1C(=O)N2C(C(=O)[O-])=C(CSC3C=NC([N+]4(C)CCCC4)=CS3)CSC12)c1nsc(N)n1. The third-order valence-electron chi connectivity index (χ3n) is 6.74. The predicted molar refractivity (Wildman–Crippen MR) is 150 cm³/mol. The van der Waals surface area contributed by atoms with E-state index in [9.17, 15) is 19.5 Å². The van der Waals surface area contributed by atoms with Crippen molar-refractivity contribution in [2.24, 2.45) is 10.1 Å². The van der Waals surface area contributed by atoms with E-state index in [4.69, 9.17) is 15.6 Å². The highest BCUT2D eigenvalue weighted by atomic mass is 32.2. The summed E-state index contributed by atoms with van der Waals surface area (Å²) in [4.78, 5) is 52.6. The Kier molecular flexibility index (Phi) is 8.23. The summed E-state index contributed by atoms with van der Waals surface area (Å²) in [5.74, 6) is -0.888. The highest BCUT2D eigenvalue weighted by Gasteiger charge is 2.53. The van der Waals surface area contributed by atoms with Gasteiger partial charge in [0.1, 0.15) is 18.5 Å². The van der Waals surface area contributed by atoms with Crippen LogP contribution in [0.1, 0.15) is 18.7 Å². The molecule has 3 atom stereocenters. The lowest BCUT2D eigenvalue weighted by Crippen LogP contribution is -2.71. The van der Waals surface area contributed by atoms with Crippen LogP contribution in [0.15, 0.2) is 32.6 Å². The van der Waals surface area contributed by atoms with Crippen molar-refractivity contribution in [1.82, 2.24) is 19.6 Å².